The highest BCUT2D eigenvalue weighted by molar-refractivity contribution is 6.39. The van der Waals surface area contributed by atoms with E-state index in [4.69, 9.17) is 44.5 Å². The Morgan fingerprint density at radius 3 is 2.43 bits per heavy atom. The largest absolute Gasteiger partial charge is 0.481 e. The third kappa shape index (κ3) is 7.28. The first-order valence-corrected chi connectivity index (χ1v) is 17.7. The molecule has 2 saturated heterocycles. The number of halogens is 3. The number of nitrogens with one attached hydrogen (secondary N) is 3. The third-order valence-electron chi connectivity index (χ3n) is 9.58. The van der Waals surface area contributed by atoms with Crippen LogP contribution >= 0.6 is 34.8 Å². The molecule has 0 saturated carbocycles. The average Bonchev–Trinajstić information content (AvgIpc) is 3.72. The van der Waals surface area contributed by atoms with E-state index in [1.807, 2.05) is 42.5 Å². The first kappa shape index (κ1) is 33.8. The molecule has 0 aliphatic carbocycles. The number of carbonyl (C=O) groups excluding carboxylic acids is 2. The number of hydrogen-bond acceptors (Lipinski definition) is 7. The van der Waals surface area contributed by atoms with Crippen LogP contribution in [-0.2, 0) is 29.1 Å². The van der Waals surface area contributed by atoms with Gasteiger partial charge < -0.3 is 20.7 Å². The van der Waals surface area contributed by atoms with Crippen molar-refractivity contribution in [3.8, 4) is 39.5 Å². The lowest BCUT2D eigenvalue weighted by Crippen LogP contribution is -2.41. The van der Waals surface area contributed by atoms with Crippen molar-refractivity contribution in [2.75, 3.05) is 26.7 Å². The number of hydrogen-bond donors (Lipinski definition) is 3. The number of ether oxygens (including phenoxy) is 1. The van der Waals surface area contributed by atoms with Gasteiger partial charge in [-0.3, -0.25) is 19.5 Å². The van der Waals surface area contributed by atoms with Crippen molar-refractivity contribution < 1.29 is 14.3 Å². The molecule has 7 rings (SSSR count). The SMILES string of the molecule is COc1nc(-c2cccc(-c3ccnc(-c4cc(Cl)c5c(c4)CCN(C[C@@H]4CCC(=O)N4)C5)c3Cl)c2Cl)ccc1CNC[C@@H]1CCC(=O)N1. The van der Waals surface area contributed by atoms with E-state index in [9.17, 15) is 9.59 Å². The number of rotatable bonds is 10. The van der Waals surface area contributed by atoms with E-state index in [1.54, 1.807) is 13.3 Å². The average molecular weight is 720 g/mol. The molecule has 254 valence electrons. The summed E-state index contributed by atoms with van der Waals surface area (Å²) >= 11 is 21.1. The highest BCUT2D eigenvalue weighted by atomic mass is 35.5. The molecule has 9 nitrogen and oxygen atoms in total. The van der Waals surface area contributed by atoms with E-state index >= 15 is 0 Å². The van der Waals surface area contributed by atoms with Crippen molar-refractivity contribution >= 4 is 46.6 Å². The molecule has 2 atom stereocenters. The minimum Gasteiger partial charge on any atom is -0.481 e. The van der Waals surface area contributed by atoms with Crippen LogP contribution in [0.2, 0.25) is 15.1 Å². The van der Waals surface area contributed by atoms with Gasteiger partial charge in [0, 0.05) is 96.7 Å². The number of amides is 2. The molecule has 0 spiro atoms. The van der Waals surface area contributed by atoms with Crippen molar-refractivity contribution in [2.24, 2.45) is 0 Å². The lowest BCUT2D eigenvalue weighted by molar-refractivity contribution is -0.120. The van der Waals surface area contributed by atoms with Gasteiger partial charge in [0.1, 0.15) is 0 Å². The van der Waals surface area contributed by atoms with Gasteiger partial charge in [-0.2, -0.15) is 0 Å². The number of nitrogens with zero attached hydrogens (tertiary/aromatic N) is 3. The second-order valence-corrected chi connectivity index (χ2v) is 14.0. The van der Waals surface area contributed by atoms with Gasteiger partial charge in [0.15, 0.2) is 0 Å². The minimum atomic E-state index is 0.0999. The number of methoxy groups -OCH3 is 1. The fourth-order valence-electron chi connectivity index (χ4n) is 7.03. The van der Waals surface area contributed by atoms with E-state index in [-0.39, 0.29) is 23.9 Å². The fraction of sp³-hybridized carbons (Fsp3) is 0.351. The standard InChI is InChI=1S/C37H37Cl3N6O3/c1-49-37-22(17-41-18-24-6-9-32(47)43-24)5-8-31(45-37)28-4-2-3-26(34(28)39)27-11-13-42-36(35(27)40)23-15-21-12-14-46(20-29(21)30(38)16-23)19-25-7-10-33(48)44-25/h2-5,8,11,13,15-16,24-25,41H,6-7,9-10,12,14,17-20H2,1H3,(H,43,47)(H,44,48)/t24-,25-/m0/s1. The van der Waals surface area contributed by atoms with E-state index < -0.39 is 0 Å². The quantitative estimate of drug-likeness (QED) is 0.173. The summed E-state index contributed by atoms with van der Waals surface area (Å²) in [5.41, 5.74) is 7.62. The summed E-state index contributed by atoms with van der Waals surface area (Å²) in [6.45, 7) is 3.68. The van der Waals surface area contributed by atoms with Crippen LogP contribution in [0.1, 0.15) is 42.4 Å². The monoisotopic (exact) mass is 718 g/mol. The summed E-state index contributed by atoms with van der Waals surface area (Å²) in [6.07, 6.45) is 5.47. The number of benzene rings is 2. The molecular formula is C37H37Cl3N6O3. The fourth-order valence-corrected chi connectivity index (χ4v) is 7.97. The van der Waals surface area contributed by atoms with Gasteiger partial charge in [-0.05, 0) is 54.7 Å². The summed E-state index contributed by atoms with van der Waals surface area (Å²) in [5, 5.41) is 11.1. The Balaban J connectivity index is 1.11. The van der Waals surface area contributed by atoms with Gasteiger partial charge in [0.05, 0.1) is 28.5 Å². The van der Waals surface area contributed by atoms with Crippen LogP contribution in [0.3, 0.4) is 0 Å². The Bertz CT molecular complexity index is 1920. The Morgan fingerprint density at radius 1 is 0.918 bits per heavy atom. The molecule has 4 aromatic rings. The van der Waals surface area contributed by atoms with Crippen LogP contribution in [0.5, 0.6) is 5.88 Å². The number of fused-ring (bicyclic) bond motifs is 1. The third-order valence-corrected chi connectivity index (χ3v) is 10.7. The van der Waals surface area contributed by atoms with Gasteiger partial charge in [0.25, 0.3) is 0 Å². The van der Waals surface area contributed by atoms with Crippen molar-refractivity contribution in [3.63, 3.8) is 0 Å². The molecule has 0 radical (unpaired) electrons. The molecular weight excluding hydrogens is 683 g/mol. The second kappa shape index (κ2) is 14.6. The lowest BCUT2D eigenvalue weighted by Gasteiger charge is -2.31. The van der Waals surface area contributed by atoms with E-state index in [0.717, 1.165) is 72.3 Å². The van der Waals surface area contributed by atoms with E-state index in [0.29, 0.717) is 58.3 Å². The Labute approximate surface area is 300 Å². The predicted molar refractivity (Wildman–Crippen MR) is 193 cm³/mol. The zero-order valence-electron chi connectivity index (χ0n) is 27.1. The molecule has 2 aromatic carbocycles. The van der Waals surface area contributed by atoms with E-state index in [1.165, 1.54) is 5.56 Å². The summed E-state index contributed by atoms with van der Waals surface area (Å²) < 4.78 is 5.65. The summed E-state index contributed by atoms with van der Waals surface area (Å²) in [6, 6.07) is 16.0. The van der Waals surface area contributed by atoms with Crippen molar-refractivity contribution in [3.05, 3.63) is 86.5 Å². The highest BCUT2D eigenvalue weighted by Gasteiger charge is 2.27. The van der Waals surface area contributed by atoms with Crippen LogP contribution in [0.25, 0.3) is 33.6 Å². The number of carbonyl (C=O) groups is 2. The van der Waals surface area contributed by atoms with Crippen LogP contribution in [0.15, 0.2) is 54.7 Å². The van der Waals surface area contributed by atoms with Crippen LogP contribution in [0.4, 0.5) is 0 Å². The molecule has 3 aliphatic rings. The molecule has 0 bridgehead atoms. The molecule has 5 heterocycles. The first-order chi connectivity index (χ1) is 23.8. The predicted octanol–water partition coefficient (Wildman–Crippen LogP) is 6.45. The summed E-state index contributed by atoms with van der Waals surface area (Å²) in [7, 11) is 1.60. The normalized spacial score (nSPS) is 19.1. The van der Waals surface area contributed by atoms with Gasteiger partial charge in [0.2, 0.25) is 17.7 Å². The van der Waals surface area contributed by atoms with Gasteiger partial charge in [-0.25, -0.2) is 4.98 Å². The van der Waals surface area contributed by atoms with Crippen LogP contribution < -0.4 is 20.7 Å². The first-order valence-electron chi connectivity index (χ1n) is 16.6. The molecule has 3 aliphatic heterocycles. The van der Waals surface area contributed by atoms with E-state index in [2.05, 4.69) is 31.9 Å². The van der Waals surface area contributed by atoms with Crippen molar-refractivity contribution in [1.82, 2.24) is 30.8 Å². The minimum absolute atomic E-state index is 0.0999. The molecule has 2 amide bonds. The van der Waals surface area contributed by atoms with Crippen LogP contribution in [0, 0.1) is 0 Å². The highest BCUT2D eigenvalue weighted by Crippen LogP contribution is 2.43. The Morgan fingerprint density at radius 2 is 1.67 bits per heavy atom. The lowest BCUT2D eigenvalue weighted by atomic mass is 9.94. The van der Waals surface area contributed by atoms with Crippen molar-refractivity contribution in [1.29, 1.82) is 0 Å². The zero-order valence-corrected chi connectivity index (χ0v) is 29.4. The molecule has 3 N–H and O–H groups in total. The Kier molecular flexibility index (Phi) is 10.1. The molecule has 2 fully saturated rings. The van der Waals surface area contributed by atoms with Crippen LogP contribution in [-0.4, -0.2) is 65.5 Å². The topological polar surface area (TPSA) is 108 Å². The molecule has 2 aromatic heterocycles. The maximum absolute atomic E-state index is 11.7. The maximum Gasteiger partial charge on any atom is 0.220 e. The summed E-state index contributed by atoms with van der Waals surface area (Å²) in [4.78, 5) is 35.0. The molecule has 49 heavy (non-hydrogen) atoms. The van der Waals surface area contributed by atoms with Gasteiger partial charge in [-0.1, -0.05) is 59.1 Å². The molecule has 0 unspecified atom stereocenters. The number of aromatic nitrogens is 2. The zero-order chi connectivity index (χ0) is 34.1. The Hall–Kier alpha value is -3.73. The molecule has 12 heteroatoms. The van der Waals surface area contributed by atoms with Crippen molar-refractivity contribution in [2.45, 2.75) is 57.3 Å². The number of pyridine rings is 2. The second-order valence-electron chi connectivity index (χ2n) is 12.9. The summed E-state index contributed by atoms with van der Waals surface area (Å²) in [5.74, 6) is 0.736. The smallest absolute Gasteiger partial charge is 0.220 e. The van der Waals surface area contributed by atoms with Gasteiger partial charge in [-0.15, -0.1) is 0 Å². The maximum atomic E-state index is 11.7. The van der Waals surface area contributed by atoms with Gasteiger partial charge >= 0.3 is 0 Å².